The lowest BCUT2D eigenvalue weighted by Gasteiger charge is -2.13. The average molecular weight is 618 g/mol. The van der Waals surface area contributed by atoms with Crippen LogP contribution in [0, 0.1) is 13.8 Å². The van der Waals surface area contributed by atoms with Gasteiger partial charge in [0.15, 0.2) is 23.3 Å². The molecule has 0 bridgehead atoms. The molecule has 0 N–H and O–H groups in total. The summed E-state index contributed by atoms with van der Waals surface area (Å²) in [5.74, 6) is 2.59. The molecule has 2 heterocycles. The van der Waals surface area contributed by atoms with Crippen molar-refractivity contribution in [1.82, 2.24) is 24.9 Å². The van der Waals surface area contributed by atoms with Crippen molar-refractivity contribution in [3.8, 4) is 67.8 Å². The van der Waals surface area contributed by atoms with Crippen molar-refractivity contribution in [2.45, 2.75) is 13.8 Å². The first-order valence-electron chi connectivity index (χ1n) is 16.0. The second kappa shape index (κ2) is 12.5. The van der Waals surface area contributed by atoms with Gasteiger partial charge in [0.1, 0.15) is 0 Å². The third-order valence-corrected chi connectivity index (χ3v) is 8.41. The molecular formula is C43H31N5. The lowest BCUT2D eigenvalue weighted by atomic mass is 9.94. The van der Waals surface area contributed by atoms with Crippen LogP contribution in [0.4, 0.5) is 0 Å². The number of nitrogens with zero attached hydrogens (tertiary/aromatic N) is 5. The predicted molar refractivity (Wildman–Crippen MR) is 195 cm³/mol. The summed E-state index contributed by atoms with van der Waals surface area (Å²) in [5, 5.41) is 2.39. The van der Waals surface area contributed by atoms with Gasteiger partial charge in [-0.05, 0) is 83.3 Å². The van der Waals surface area contributed by atoms with Crippen LogP contribution in [0.2, 0.25) is 0 Å². The fourth-order valence-corrected chi connectivity index (χ4v) is 6.09. The molecule has 0 fully saturated rings. The number of hydrogen-bond acceptors (Lipinski definition) is 5. The Hall–Kier alpha value is -6.33. The van der Waals surface area contributed by atoms with Crippen molar-refractivity contribution in [3.63, 3.8) is 0 Å². The molecule has 5 nitrogen and oxygen atoms in total. The average Bonchev–Trinajstić information content (AvgIpc) is 3.14. The van der Waals surface area contributed by atoms with E-state index in [4.69, 9.17) is 24.9 Å². The highest BCUT2D eigenvalue weighted by Crippen LogP contribution is 2.35. The Morgan fingerprint density at radius 1 is 0.271 bits per heavy atom. The van der Waals surface area contributed by atoms with Crippen LogP contribution in [0.25, 0.3) is 78.6 Å². The van der Waals surface area contributed by atoms with Gasteiger partial charge in [0.05, 0.1) is 0 Å². The molecule has 0 saturated carbocycles. The van der Waals surface area contributed by atoms with Crippen LogP contribution < -0.4 is 0 Å². The number of benzene rings is 6. The van der Waals surface area contributed by atoms with Gasteiger partial charge in [-0.2, -0.15) is 0 Å². The first-order valence-corrected chi connectivity index (χ1v) is 16.0. The number of rotatable bonds is 6. The molecular weight excluding hydrogens is 587 g/mol. The monoisotopic (exact) mass is 617 g/mol. The van der Waals surface area contributed by atoms with Crippen LogP contribution in [0.3, 0.4) is 0 Å². The van der Waals surface area contributed by atoms with Gasteiger partial charge < -0.3 is 0 Å². The second-order valence-electron chi connectivity index (χ2n) is 12.0. The minimum Gasteiger partial charge on any atom is -0.233 e. The molecule has 0 aliphatic rings. The summed E-state index contributed by atoms with van der Waals surface area (Å²) in [6, 6.07) is 52.2. The Labute approximate surface area is 279 Å². The minimum absolute atomic E-state index is 0.611. The van der Waals surface area contributed by atoms with Crippen LogP contribution in [-0.2, 0) is 0 Å². The van der Waals surface area contributed by atoms with Crippen LogP contribution >= 0.6 is 0 Å². The van der Waals surface area contributed by atoms with Gasteiger partial charge in [-0.15, -0.1) is 0 Å². The van der Waals surface area contributed by atoms with E-state index in [2.05, 4.69) is 84.9 Å². The Kier molecular flexibility index (Phi) is 7.55. The molecule has 6 aromatic carbocycles. The topological polar surface area (TPSA) is 64.5 Å². The highest BCUT2D eigenvalue weighted by molar-refractivity contribution is 5.89. The maximum atomic E-state index is 5.06. The zero-order chi connectivity index (χ0) is 32.5. The first kappa shape index (κ1) is 29.1. The normalized spacial score (nSPS) is 11.1. The number of fused-ring (bicyclic) bond motifs is 1. The van der Waals surface area contributed by atoms with E-state index < -0.39 is 0 Å². The molecule has 0 amide bonds. The van der Waals surface area contributed by atoms with E-state index >= 15 is 0 Å². The maximum absolute atomic E-state index is 5.06. The largest absolute Gasteiger partial charge is 0.233 e. The standard InChI is InChI=1S/C43H31N5/c1-28-22-29(2)45-42(44-28)36-19-11-18-34(24-36)37-25-38(35-21-20-30-12-9-10-17-33(30)23-35)27-39(26-37)43-47-40(31-13-5-3-6-14-31)46-41(48-43)32-15-7-4-8-16-32/h3-27H,1-2H3. The molecule has 8 rings (SSSR count). The maximum Gasteiger partial charge on any atom is 0.164 e. The fraction of sp³-hybridized carbons (Fsp3) is 0.0465. The number of hydrogen-bond donors (Lipinski definition) is 0. The van der Waals surface area contributed by atoms with E-state index in [1.807, 2.05) is 80.6 Å². The summed E-state index contributed by atoms with van der Waals surface area (Å²) < 4.78 is 0. The third kappa shape index (κ3) is 5.97. The second-order valence-corrected chi connectivity index (χ2v) is 12.0. The number of aromatic nitrogens is 5. The molecule has 0 aliphatic carbocycles. The van der Waals surface area contributed by atoms with Gasteiger partial charge in [-0.3, -0.25) is 0 Å². The zero-order valence-corrected chi connectivity index (χ0v) is 26.7. The summed E-state index contributed by atoms with van der Waals surface area (Å²) in [6.45, 7) is 4.01. The highest BCUT2D eigenvalue weighted by Gasteiger charge is 2.15. The van der Waals surface area contributed by atoms with Crippen molar-refractivity contribution < 1.29 is 0 Å². The van der Waals surface area contributed by atoms with Crippen molar-refractivity contribution in [3.05, 3.63) is 163 Å². The molecule has 2 aromatic heterocycles. The van der Waals surface area contributed by atoms with Crippen LogP contribution in [0.1, 0.15) is 11.4 Å². The number of aryl methyl sites for hydroxylation is 2. The molecule has 8 aromatic rings. The zero-order valence-electron chi connectivity index (χ0n) is 26.7. The molecule has 0 aliphatic heterocycles. The van der Waals surface area contributed by atoms with E-state index in [1.165, 1.54) is 10.8 Å². The summed E-state index contributed by atoms with van der Waals surface area (Å²) >= 11 is 0. The van der Waals surface area contributed by atoms with Gasteiger partial charge in [0, 0.05) is 33.6 Å². The molecule has 228 valence electrons. The predicted octanol–water partition coefficient (Wildman–Crippen LogP) is 10.4. The minimum atomic E-state index is 0.611. The molecule has 0 unspecified atom stereocenters. The van der Waals surface area contributed by atoms with Gasteiger partial charge in [0.2, 0.25) is 0 Å². The molecule has 0 spiro atoms. The molecule has 48 heavy (non-hydrogen) atoms. The Balaban J connectivity index is 1.34. The lowest BCUT2D eigenvalue weighted by Crippen LogP contribution is -2.00. The van der Waals surface area contributed by atoms with Gasteiger partial charge in [0.25, 0.3) is 0 Å². The van der Waals surface area contributed by atoms with E-state index in [-0.39, 0.29) is 0 Å². The van der Waals surface area contributed by atoms with Crippen molar-refractivity contribution in [1.29, 1.82) is 0 Å². The van der Waals surface area contributed by atoms with E-state index in [0.717, 1.165) is 61.7 Å². The van der Waals surface area contributed by atoms with E-state index in [1.54, 1.807) is 0 Å². The van der Waals surface area contributed by atoms with Crippen molar-refractivity contribution in [2.24, 2.45) is 0 Å². The third-order valence-electron chi connectivity index (χ3n) is 8.41. The summed E-state index contributed by atoms with van der Waals surface area (Å²) in [4.78, 5) is 24.5. The van der Waals surface area contributed by atoms with Crippen molar-refractivity contribution in [2.75, 3.05) is 0 Å². The van der Waals surface area contributed by atoms with Gasteiger partial charge in [-0.1, -0.05) is 115 Å². The van der Waals surface area contributed by atoms with Gasteiger partial charge >= 0.3 is 0 Å². The van der Waals surface area contributed by atoms with Crippen LogP contribution in [-0.4, -0.2) is 24.9 Å². The SMILES string of the molecule is Cc1cc(C)nc(-c2cccc(-c3cc(-c4ccc5ccccc5c4)cc(-c4nc(-c5ccccc5)nc(-c5ccccc5)n4)c3)c2)n1. The quantitative estimate of drug-likeness (QED) is 0.186. The smallest absolute Gasteiger partial charge is 0.164 e. The Morgan fingerprint density at radius 3 is 1.33 bits per heavy atom. The Morgan fingerprint density at radius 2 is 0.708 bits per heavy atom. The first-order chi connectivity index (χ1) is 23.6. The lowest BCUT2D eigenvalue weighted by molar-refractivity contribution is 1.06. The van der Waals surface area contributed by atoms with E-state index in [0.29, 0.717) is 17.5 Å². The molecule has 0 radical (unpaired) electrons. The summed E-state index contributed by atoms with van der Waals surface area (Å²) in [7, 11) is 0. The van der Waals surface area contributed by atoms with Crippen LogP contribution in [0.15, 0.2) is 152 Å². The fourth-order valence-electron chi connectivity index (χ4n) is 6.09. The Bertz CT molecular complexity index is 2340. The summed E-state index contributed by atoms with van der Waals surface area (Å²) in [5.41, 5.74) is 9.93. The highest BCUT2D eigenvalue weighted by atomic mass is 15.0. The van der Waals surface area contributed by atoms with E-state index in [9.17, 15) is 0 Å². The van der Waals surface area contributed by atoms with Crippen LogP contribution in [0.5, 0.6) is 0 Å². The molecule has 5 heteroatoms. The van der Waals surface area contributed by atoms with Crippen molar-refractivity contribution >= 4 is 10.8 Å². The molecule has 0 saturated heterocycles. The molecule has 0 atom stereocenters. The van der Waals surface area contributed by atoms with Gasteiger partial charge in [-0.25, -0.2) is 24.9 Å². The summed E-state index contributed by atoms with van der Waals surface area (Å²) in [6.07, 6.45) is 0.